The minimum atomic E-state index is -0.109. The van der Waals surface area contributed by atoms with Gasteiger partial charge in [0.1, 0.15) is 0 Å². The molecule has 0 aliphatic carbocycles. The highest BCUT2D eigenvalue weighted by molar-refractivity contribution is 5.32. The van der Waals surface area contributed by atoms with Gasteiger partial charge in [0.05, 0.1) is 5.69 Å². The third-order valence-electron chi connectivity index (χ3n) is 3.25. The summed E-state index contributed by atoms with van der Waals surface area (Å²) >= 11 is 0. The summed E-state index contributed by atoms with van der Waals surface area (Å²) in [5.74, 6) is 0.540. The molecule has 1 aromatic carbocycles. The lowest BCUT2D eigenvalue weighted by molar-refractivity contribution is 0.298. The van der Waals surface area contributed by atoms with Gasteiger partial charge in [-0.3, -0.25) is 9.36 Å². The number of hydrogen-bond donors (Lipinski definition) is 2. The zero-order valence-corrected chi connectivity index (χ0v) is 11.8. The first-order valence-electron chi connectivity index (χ1n) is 6.58. The van der Waals surface area contributed by atoms with Crippen LogP contribution in [0, 0.1) is 6.92 Å². The number of aliphatic hydroxyl groups is 1. The number of anilines is 1. The predicted molar refractivity (Wildman–Crippen MR) is 78.8 cm³/mol. The maximum absolute atomic E-state index is 12.2. The number of rotatable bonds is 5. The molecule has 0 amide bonds. The van der Waals surface area contributed by atoms with Gasteiger partial charge in [0.15, 0.2) is 0 Å². The third-order valence-corrected chi connectivity index (χ3v) is 3.25. The summed E-state index contributed by atoms with van der Waals surface area (Å²) in [6, 6.07) is 9.93. The van der Waals surface area contributed by atoms with Crippen molar-refractivity contribution in [3.8, 4) is 0 Å². The van der Waals surface area contributed by atoms with Crippen LogP contribution in [0.5, 0.6) is 0 Å². The van der Waals surface area contributed by atoms with E-state index in [9.17, 15) is 4.79 Å². The number of benzene rings is 1. The Morgan fingerprint density at radius 3 is 2.65 bits per heavy atom. The second-order valence-corrected chi connectivity index (χ2v) is 4.68. The fraction of sp³-hybridized carbons (Fsp3) is 0.333. The van der Waals surface area contributed by atoms with Crippen LogP contribution in [0.4, 0.5) is 5.95 Å². The van der Waals surface area contributed by atoms with Gasteiger partial charge in [-0.25, -0.2) is 4.98 Å². The van der Waals surface area contributed by atoms with Crippen molar-refractivity contribution in [2.45, 2.75) is 19.9 Å². The Bertz CT molecular complexity index is 636. The Morgan fingerprint density at radius 2 is 2.00 bits per heavy atom. The molecule has 0 unspecified atom stereocenters. The van der Waals surface area contributed by atoms with Gasteiger partial charge in [-0.05, 0) is 12.5 Å². The highest BCUT2D eigenvalue weighted by Crippen LogP contribution is 2.08. The van der Waals surface area contributed by atoms with Crippen molar-refractivity contribution in [3.05, 3.63) is 57.5 Å². The Hall–Kier alpha value is -2.14. The number of aliphatic hydroxyl groups excluding tert-OH is 1. The van der Waals surface area contributed by atoms with Crippen molar-refractivity contribution in [1.29, 1.82) is 0 Å². The van der Waals surface area contributed by atoms with Gasteiger partial charge < -0.3 is 10.4 Å². The molecule has 0 saturated heterocycles. The molecule has 0 bridgehead atoms. The summed E-state index contributed by atoms with van der Waals surface area (Å²) < 4.78 is 1.49. The maximum Gasteiger partial charge on any atom is 0.258 e. The summed E-state index contributed by atoms with van der Waals surface area (Å²) in [6.07, 6.45) is 0.338. The van der Waals surface area contributed by atoms with E-state index in [1.165, 1.54) is 4.57 Å². The van der Waals surface area contributed by atoms with Gasteiger partial charge in [0.25, 0.3) is 5.56 Å². The van der Waals surface area contributed by atoms with Crippen molar-refractivity contribution in [1.82, 2.24) is 9.55 Å². The van der Waals surface area contributed by atoms with Crippen molar-refractivity contribution in [2.24, 2.45) is 7.05 Å². The molecular formula is C15H19N3O2. The molecule has 0 aliphatic heterocycles. The molecule has 20 heavy (non-hydrogen) atoms. The smallest absolute Gasteiger partial charge is 0.258 e. The number of nitrogens with zero attached hydrogens (tertiary/aromatic N) is 2. The first-order chi connectivity index (χ1) is 9.63. The normalized spacial score (nSPS) is 10.6. The van der Waals surface area contributed by atoms with Gasteiger partial charge in [-0.15, -0.1) is 0 Å². The van der Waals surface area contributed by atoms with E-state index in [4.69, 9.17) is 5.11 Å². The molecule has 0 fully saturated rings. The zero-order chi connectivity index (χ0) is 14.5. The summed E-state index contributed by atoms with van der Waals surface area (Å²) in [5, 5.41) is 12.2. The van der Waals surface area contributed by atoms with Crippen LogP contribution in [0.3, 0.4) is 0 Å². The van der Waals surface area contributed by atoms with Crippen LogP contribution < -0.4 is 10.9 Å². The Labute approximate surface area is 117 Å². The summed E-state index contributed by atoms with van der Waals surface area (Å²) in [7, 11) is 1.68. The molecule has 0 aliphatic rings. The lowest BCUT2D eigenvalue weighted by Crippen LogP contribution is -2.27. The second kappa shape index (κ2) is 6.34. The fourth-order valence-electron chi connectivity index (χ4n) is 2.09. The number of hydrogen-bond acceptors (Lipinski definition) is 4. The van der Waals surface area contributed by atoms with Gasteiger partial charge in [-0.1, -0.05) is 30.3 Å². The van der Waals surface area contributed by atoms with Crippen LogP contribution in [0.15, 0.2) is 35.1 Å². The van der Waals surface area contributed by atoms with Crippen LogP contribution in [0.25, 0.3) is 0 Å². The molecule has 106 valence electrons. The number of aryl methyl sites for hydroxylation is 1. The predicted octanol–water partition coefficient (Wildman–Crippen LogP) is 1.24. The van der Waals surface area contributed by atoms with Crippen molar-refractivity contribution >= 4 is 5.95 Å². The second-order valence-electron chi connectivity index (χ2n) is 4.68. The van der Waals surface area contributed by atoms with Crippen LogP contribution in [-0.4, -0.2) is 21.3 Å². The third kappa shape index (κ3) is 3.05. The highest BCUT2D eigenvalue weighted by atomic mass is 16.3. The minimum Gasteiger partial charge on any atom is -0.396 e. The van der Waals surface area contributed by atoms with Crippen molar-refractivity contribution in [2.75, 3.05) is 11.9 Å². The lowest BCUT2D eigenvalue weighted by atomic mass is 10.2. The minimum absolute atomic E-state index is 0.0471. The molecule has 1 heterocycles. The van der Waals surface area contributed by atoms with E-state index < -0.39 is 0 Å². The van der Waals surface area contributed by atoms with Gasteiger partial charge in [-0.2, -0.15) is 0 Å². The van der Waals surface area contributed by atoms with Crippen LogP contribution in [-0.2, 0) is 20.0 Å². The average molecular weight is 273 g/mol. The summed E-state index contributed by atoms with van der Waals surface area (Å²) in [6.45, 7) is 2.36. The monoisotopic (exact) mass is 273 g/mol. The van der Waals surface area contributed by atoms with Gasteiger partial charge in [0, 0.05) is 32.2 Å². The molecule has 0 atom stereocenters. The van der Waals surface area contributed by atoms with E-state index in [2.05, 4.69) is 10.3 Å². The lowest BCUT2D eigenvalue weighted by Gasteiger charge is -2.13. The van der Waals surface area contributed by atoms with Crippen LogP contribution in [0.2, 0.25) is 0 Å². The number of aromatic nitrogens is 2. The molecular weight excluding hydrogens is 254 g/mol. The Kier molecular flexibility index (Phi) is 4.53. The summed E-state index contributed by atoms with van der Waals surface area (Å²) in [5.41, 5.74) is 2.25. The topological polar surface area (TPSA) is 67.2 Å². The Balaban J connectivity index is 2.23. The van der Waals surface area contributed by atoms with E-state index in [1.54, 1.807) is 14.0 Å². The van der Waals surface area contributed by atoms with E-state index >= 15 is 0 Å². The largest absolute Gasteiger partial charge is 0.396 e. The van der Waals surface area contributed by atoms with Crippen LogP contribution in [0.1, 0.15) is 16.8 Å². The molecule has 1 aromatic heterocycles. The fourth-order valence-corrected chi connectivity index (χ4v) is 2.09. The van der Waals surface area contributed by atoms with E-state index in [0.29, 0.717) is 30.2 Å². The average Bonchev–Trinajstić information content (AvgIpc) is 2.47. The molecule has 2 N–H and O–H groups in total. The molecule has 5 nitrogen and oxygen atoms in total. The quantitative estimate of drug-likeness (QED) is 0.860. The maximum atomic E-state index is 12.2. The molecule has 2 rings (SSSR count). The van der Waals surface area contributed by atoms with Crippen LogP contribution >= 0.6 is 0 Å². The standard InChI is InChI=1S/C15H19N3O2/c1-11-13(8-9-19)14(20)18(2)15(17-11)16-10-12-6-4-3-5-7-12/h3-7,19H,8-10H2,1-2H3,(H,16,17). The first kappa shape index (κ1) is 14.3. The highest BCUT2D eigenvalue weighted by Gasteiger charge is 2.11. The van der Waals surface area contributed by atoms with Crippen molar-refractivity contribution < 1.29 is 5.11 Å². The van der Waals surface area contributed by atoms with E-state index in [1.807, 2.05) is 30.3 Å². The Morgan fingerprint density at radius 1 is 1.30 bits per heavy atom. The molecule has 0 spiro atoms. The molecule has 0 radical (unpaired) electrons. The van der Waals surface area contributed by atoms with E-state index in [-0.39, 0.29) is 12.2 Å². The zero-order valence-electron chi connectivity index (χ0n) is 11.8. The molecule has 5 heteroatoms. The van der Waals surface area contributed by atoms with Gasteiger partial charge in [0.2, 0.25) is 5.95 Å². The molecule has 2 aromatic rings. The number of nitrogens with one attached hydrogen (secondary N) is 1. The molecule has 0 saturated carbocycles. The summed E-state index contributed by atoms with van der Waals surface area (Å²) in [4.78, 5) is 16.6. The van der Waals surface area contributed by atoms with E-state index in [0.717, 1.165) is 5.56 Å². The first-order valence-corrected chi connectivity index (χ1v) is 6.58. The van der Waals surface area contributed by atoms with Crippen molar-refractivity contribution in [3.63, 3.8) is 0 Å². The SMILES string of the molecule is Cc1nc(NCc2ccccc2)n(C)c(=O)c1CCO. The van der Waals surface area contributed by atoms with Gasteiger partial charge >= 0.3 is 0 Å².